The van der Waals surface area contributed by atoms with Crippen LogP contribution in [-0.2, 0) is 16.0 Å². The van der Waals surface area contributed by atoms with Crippen molar-refractivity contribution in [3.63, 3.8) is 0 Å². The van der Waals surface area contributed by atoms with Crippen LogP contribution in [0.4, 0.5) is 4.39 Å². The van der Waals surface area contributed by atoms with Gasteiger partial charge in [-0.1, -0.05) is 24.3 Å². The summed E-state index contributed by atoms with van der Waals surface area (Å²) in [7, 11) is 0. The standard InChI is InChI=1S/C17H15FN4O2S/c18-11-5-1-4-8-14(11)25-10-17(24)22-21-16(23)9-15-19-12-6-2-3-7-13(12)20-15/h1-8H,9-10H2,(H,19,20)(H,21,23)(H,22,24). The highest BCUT2D eigenvalue weighted by Crippen LogP contribution is 2.20. The van der Waals surface area contributed by atoms with Crippen LogP contribution < -0.4 is 10.9 Å². The Morgan fingerprint density at radius 3 is 2.56 bits per heavy atom. The number of nitrogens with zero attached hydrogens (tertiary/aromatic N) is 1. The lowest BCUT2D eigenvalue weighted by Crippen LogP contribution is -2.43. The van der Waals surface area contributed by atoms with Gasteiger partial charge in [-0.05, 0) is 24.3 Å². The lowest BCUT2D eigenvalue weighted by molar-refractivity contribution is -0.127. The third-order valence-electron chi connectivity index (χ3n) is 3.30. The minimum absolute atomic E-state index is 0.00808. The number of rotatable bonds is 5. The lowest BCUT2D eigenvalue weighted by atomic mass is 10.3. The third-order valence-corrected chi connectivity index (χ3v) is 4.35. The minimum atomic E-state index is -0.425. The van der Waals surface area contributed by atoms with E-state index < -0.39 is 11.8 Å². The minimum Gasteiger partial charge on any atom is -0.342 e. The van der Waals surface area contributed by atoms with Gasteiger partial charge < -0.3 is 4.98 Å². The number of fused-ring (bicyclic) bond motifs is 1. The first-order valence-electron chi connectivity index (χ1n) is 7.50. The van der Waals surface area contributed by atoms with Gasteiger partial charge >= 0.3 is 0 Å². The van der Waals surface area contributed by atoms with Crippen molar-refractivity contribution in [2.75, 3.05) is 5.75 Å². The number of hydrogen-bond donors (Lipinski definition) is 3. The van der Waals surface area contributed by atoms with Gasteiger partial charge in [0, 0.05) is 4.90 Å². The summed E-state index contributed by atoms with van der Waals surface area (Å²) in [6.07, 6.45) is 0.00934. The van der Waals surface area contributed by atoms with E-state index in [9.17, 15) is 14.0 Å². The van der Waals surface area contributed by atoms with Crippen LogP contribution >= 0.6 is 11.8 Å². The predicted molar refractivity (Wildman–Crippen MR) is 93.2 cm³/mol. The van der Waals surface area contributed by atoms with E-state index in [1.807, 2.05) is 24.3 Å². The predicted octanol–water partition coefficient (Wildman–Crippen LogP) is 2.18. The first-order valence-corrected chi connectivity index (χ1v) is 8.49. The second-order valence-electron chi connectivity index (χ2n) is 5.19. The fraction of sp³-hybridized carbons (Fsp3) is 0.118. The van der Waals surface area contributed by atoms with Crippen molar-refractivity contribution in [3.8, 4) is 0 Å². The Morgan fingerprint density at radius 2 is 1.76 bits per heavy atom. The second-order valence-corrected chi connectivity index (χ2v) is 6.21. The summed E-state index contributed by atoms with van der Waals surface area (Å²) in [5.41, 5.74) is 6.24. The average Bonchev–Trinajstić information content (AvgIpc) is 3.01. The summed E-state index contributed by atoms with van der Waals surface area (Å²) in [6, 6.07) is 13.6. The molecule has 0 unspecified atom stereocenters. The largest absolute Gasteiger partial charge is 0.342 e. The quantitative estimate of drug-likeness (QED) is 0.482. The van der Waals surface area contributed by atoms with Crippen molar-refractivity contribution in [1.82, 2.24) is 20.8 Å². The van der Waals surface area contributed by atoms with E-state index in [4.69, 9.17) is 0 Å². The Labute approximate surface area is 147 Å². The SMILES string of the molecule is O=C(CSc1ccccc1F)NNC(=O)Cc1nc2ccccc2[nH]1. The fourth-order valence-electron chi connectivity index (χ4n) is 2.17. The zero-order chi connectivity index (χ0) is 17.6. The van der Waals surface area contributed by atoms with Gasteiger partial charge in [-0.3, -0.25) is 20.4 Å². The molecule has 0 saturated heterocycles. The normalized spacial score (nSPS) is 10.6. The van der Waals surface area contributed by atoms with Gasteiger partial charge in [0.15, 0.2) is 0 Å². The fourth-order valence-corrected chi connectivity index (χ4v) is 2.91. The molecule has 2 aromatic carbocycles. The molecule has 0 aliphatic rings. The summed E-state index contributed by atoms with van der Waals surface area (Å²) >= 11 is 1.06. The van der Waals surface area contributed by atoms with Crippen molar-refractivity contribution in [2.45, 2.75) is 11.3 Å². The molecule has 0 saturated carbocycles. The number of thioether (sulfide) groups is 1. The molecule has 6 nitrogen and oxygen atoms in total. The van der Waals surface area contributed by atoms with Crippen LogP contribution in [0.5, 0.6) is 0 Å². The number of benzene rings is 2. The van der Waals surface area contributed by atoms with E-state index in [2.05, 4.69) is 20.8 Å². The second kappa shape index (κ2) is 7.80. The maximum Gasteiger partial charge on any atom is 0.248 e. The zero-order valence-corrected chi connectivity index (χ0v) is 13.9. The van der Waals surface area contributed by atoms with Crippen molar-refractivity contribution >= 4 is 34.6 Å². The number of nitrogens with one attached hydrogen (secondary N) is 3. The Morgan fingerprint density at radius 1 is 1.04 bits per heavy atom. The maximum absolute atomic E-state index is 13.5. The Balaban J connectivity index is 1.45. The molecule has 0 radical (unpaired) electrons. The Bertz CT molecular complexity index is 879. The van der Waals surface area contributed by atoms with Crippen LogP contribution in [0.2, 0.25) is 0 Å². The van der Waals surface area contributed by atoms with Gasteiger partial charge in [0.05, 0.1) is 23.2 Å². The number of hydrogen-bond acceptors (Lipinski definition) is 4. The molecule has 3 aromatic rings. The van der Waals surface area contributed by atoms with Crippen molar-refractivity contribution in [3.05, 3.63) is 60.2 Å². The lowest BCUT2D eigenvalue weighted by Gasteiger charge is -2.07. The number of para-hydroxylation sites is 2. The number of aromatic amines is 1. The van der Waals surface area contributed by atoms with Crippen LogP contribution in [0.15, 0.2) is 53.4 Å². The highest BCUT2D eigenvalue weighted by molar-refractivity contribution is 8.00. The molecule has 128 valence electrons. The summed E-state index contributed by atoms with van der Waals surface area (Å²) in [6.45, 7) is 0. The van der Waals surface area contributed by atoms with Gasteiger partial charge in [0.2, 0.25) is 11.8 Å². The Kier molecular flexibility index (Phi) is 5.30. The molecule has 0 aliphatic carbocycles. The molecular formula is C17H15FN4O2S. The van der Waals surface area contributed by atoms with Crippen LogP contribution in [0.25, 0.3) is 11.0 Å². The van der Waals surface area contributed by atoms with Crippen molar-refractivity contribution in [1.29, 1.82) is 0 Å². The van der Waals surface area contributed by atoms with Crippen molar-refractivity contribution in [2.24, 2.45) is 0 Å². The molecule has 0 fully saturated rings. The smallest absolute Gasteiger partial charge is 0.248 e. The monoisotopic (exact) mass is 358 g/mol. The molecule has 0 atom stereocenters. The first kappa shape index (κ1) is 17.0. The molecule has 0 aliphatic heterocycles. The zero-order valence-electron chi connectivity index (χ0n) is 13.1. The van der Waals surface area contributed by atoms with Gasteiger partial charge in [-0.2, -0.15) is 0 Å². The number of amides is 2. The van der Waals surface area contributed by atoms with Crippen LogP contribution in [-0.4, -0.2) is 27.5 Å². The molecule has 1 aromatic heterocycles. The number of halogens is 1. The number of carbonyl (C=O) groups excluding carboxylic acids is 2. The van der Waals surface area contributed by atoms with Crippen molar-refractivity contribution < 1.29 is 14.0 Å². The van der Waals surface area contributed by atoms with Gasteiger partial charge in [0.25, 0.3) is 0 Å². The van der Waals surface area contributed by atoms with E-state index in [1.165, 1.54) is 6.07 Å². The van der Waals surface area contributed by atoms with Gasteiger partial charge in [-0.25, -0.2) is 9.37 Å². The van der Waals surface area contributed by atoms with E-state index in [1.54, 1.807) is 18.2 Å². The van der Waals surface area contributed by atoms with E-state index in [-0.39, 0.29) is 18.0 Å². The van der Waals surface area contributed by atoms with E-state index in [0.29, 0.717) is 10.7 Å². The van der Waals surface area contributed by atoms with Gasteiger partial charge in [-0.15, -0.1) is 11.8 Å². The summed E-state index contributed by atoms with van der Waals surface area (Å²) < 4.78 is 13.5. The average molecular weight is 358 g/mol. The first-order chi connectivity index (χ1) is 12.1. The summed E-state index contributed by atoms with van der Waals surface area (Å²) in [5.74, 6) is -0.705. The summed E-state index contributed by atoms with van der Waals surface area (Å²) in [5, 5.41) is 0. The number of aromatic nitrogens is 2. The number of imidazole rings is 1. The Hall–Kier alpha value is -2.87. The highest BCUT2D eigenvalue weighted by atomic mass is 32.2. The third kappa shape index (κ3) is 4.57. The molecule has 1 heterocycles. The van der Waals surface area contributed by atoms with E-state index >= 15 is 0 Å². The molecule has 25 heavy (non-hydrogen) atoms. The number of carbonyl (C=O) groups is 2. The van der Waals surface area contributed by atoms with Crippen LogP contribution in [0.1, 0.15) is 5.82 Å². The molecular weight excluding hydrogens is 343 g/mol. The summed E-state index contributed by atoms with van der Waals surface area (Å²) in [4.78, 5) is 31.3. The number of hydrazine groups is 1. The highest BCUT2D eigenvalue weighted by Gasteiger charge is 2.10. The number of H-pyrrole nitrogens is 1. The molecule has 3 rings (SSSR count). The van der Waals surface area contributed by atoms with Crippen LogP contribution in [0, 0.1) is 5.82 Å². The molecule has 2 amide bonds. The van der Waals surface area contributed by atoms with Gasteiger partial charge in [0.1, 0.15) is 11.6 Å². The molecule has 8 heteroatoms. The molecule has 0 spiro atoms. The maximum atomic E-state index is 13.5. The molecule has 3 N–H and O–H groups in total. The van der Waals surface area contributed by atoms with E-state index in [0.717, 1.165) is 22.8 Å². The molecule has 0 bridgehead atoms. The van der Waals surface area contributed by atoms with Crippen LogP contribution in [0.3, 0.4) is 0 Å². The topological polar surface area (TPSA) is 86.9 Å².